The maximum absolute atomic E-state index is 13.6. The number of amidine groups is 1. The molecule has 2 aromatic carbocycles. The van der Waals surface area contributed by atoms with E-state index in [9.17, 15) is 4.39 Å². The van der Waals surface area contributed by atoms with Crippen LogP contribution in [0.2, 0.25) is 0 Å². The van der Waals surface area contributed by atoms with Crippen LogP contribution in [0.15, 0.2) is 47.5 Å². The van der Waals surface area contributed by atoms with E-state index in [1.807, 2.05) is 18.2 Å². The Bertz CT molecular complexity index is 789. The lowest BCUT2D eigenvalue weighted by Crippen LogP contribution is -2.43. The van der Waals surface area contributed by atoms with Gasteiger partial charge in [0.25, 0.3) is 0 Å². The minimum Gasteiger partial charge on any atom is -0.359 e. The normalized spacial score (nSPS) is 19.0. The van der Waals surface area contributed by atoms with Crippen molar-refractivity contribution in [3.8, 4) is 0 Å². The summed E-state index contributed by atoms with van der Waals surface area (Å²) in [6.45, 7) is 6.40. The molecule has 4 heteroatoms. The number of para-hydroxylation sites is 2. The Morgan fingerprint density at radius 2 is 1.91 bits per heavy atom. The second-order valence-electron chi connectivity index (χ2n) is 6.82. The van der Waals surface area contributed by atoms with Crippen molar-refractivity contribution in [1.82, 2.24) is 0 Å². The van der Waals surface area contributed by atoms with Crippen molar-refractivity contribution in [3.63, 3.8) is 0 Å². The van der Waals surface area contributed by atoms with Crippen LogP contribution in [0.1, 0.15) is 32.5 Å². The summed E-state index contributed by atoms with van der Waals surface area (Å²) in [6.07, 6.45) is -0.0280. The molecular formula is C18H18FN3. The molecule has 0 spiro atoms. The Balaban J connectivity index is 1.97. The summed E-state index contributed by atoms with van der Waals surface area (Å²) in [7, 11) is 0. The zero-order valence-electron chi connectivity index (χ0n) is 12.9. The molecule has 0 saturated carbocycles. The maximum Gasteiger partial charge on any atom is 0.133 e. The van der Waals surface area contributed by atoms with Crippen LogP contribution in [0, 0.1) is 11.2 Å². The van der Waals surface area contributed by atoms with E-state index in [1.165, 1.54) is 12.1 Å². The van der Waals surface area contributed by atoms with Crippen molar-refractivity contribution in [2.75, 3.05) is 10.2 Å². The Kier molecular flexibility index (Phi) is 2.61. The standard InChI is InChI=1S/C18H18FN3/c1-18(2,3)17-21-14-10-11(19)8-9-12(14)16-20-13-6-4-5-7-15(13)22(16)17/h4-10,16,20H,1-3H3. The average Bonchev–Trinajstić information content (AvgIpc) is 2.84. The summed E-state index contributed by atoms with van der Waals surface area (Å²) in [5.74, 6) is 0.702. The molecule has 0 bridgehead atoms. The van der Waals surface area contributed by atoms with Crippen LogP contribution in [-0.4, -0.2) is 5.84 Å². The van der Waals surface area contributed by atoms with Crippen molar-refractivity contribution < 1.29 is 4.39 Å². The first kappa shape index (κ1) is 13.3. The Morgan fingerprint density at radius 3 is 2.68 bits per heavy atom. The number of aliphatic imine (C=N–C) groups is 1. The Morgan fingerprint density at radius 1 is 1.14 bits per heavy atom. The van der Waals surface area contributed by atoms with Gasteiger partial charge in [-0.1, -0.05) is 32.9 Å². The van der Waals surface area contributed by atoms with Gasteiger partial charge >= 0.3 is 0 Å². The number of fused-ring (bicyclic) bond motifs is 5. The van der Waals surface area contributed by atoms with Crippen LogP contribution in [-0.2, 0) is 0 Å². The lowest BCUT2D eigenvalue weighted by Gasteiger charge is -2.38. The predicted octanol–water partition coefficient (Wildman–Crippen LogP) is 4.85. The molecule has 4 rings (SSSR count). The molecule has 1 N–H and O–H groups in total. The molecule has 2 aliphatic heterocycles. The first-order valence-electron chi connectivity index (χ1n) is 7.48. The molecular weight excluding hydrogens is 277 g/mol. The molecule has 0 fully saturated rings. The topological polar surface area (TPSA) is 27.6 Å². The quantitative estimate of drug-likeness (QED) is 0.752. The van der Waals surface area contributed by atoms with Gasteiger partial charge in [-0.2, -0.15) is 0 Å². The van der Waals surface area contributed by atoms with Gasteiger partial charge in [0, 0.05) is 11.0 Å². The molecule has 2 heterocycles. The van der Waals surface area contributed by atoms with Crippen LogP contribution >= 0.6 is 0 Å². The van der Waals surface area contributed by atoms with Crippen LogP contribution in [0.3, 0.4) is 0 Å². The van der Waals surface area contributed by atoms with Gasteiger partial charge < -0.3 is 10.2 Å². The number of nitrogens with one attached hydrogen (secondary N) is 1. The fourth-order valence-corrected chi connectivity index (χ4v) is 3.15. The third kappa shape index (κ3) is 1.83. The molecule has 1 atom stereocenters. The smallest absolute Gasteiger partial charge is 0.133 e. The number of hydrogen-bond acceptors (Lipinski definition) is 3. The first-order valence-corrected chi connectivity index (χ1v) is 7.48. The van der Waals surface area contributed by atoms with E-state index < -0.39 is 0 Å². The number of nitrogens with zero attached hydrogens (tertiary/aromatic N) is 2. The van der Waals surface area contributed by atoms with E-state index in [0.29, 0.717) is 5.69 Å². The molecule has 0 aliphatic carbocycles. The fourth-order valence-electron chi connectivity index (χ4n) is 3.15. The zero-order chi connectivity index (χ0) is 15.5. The lowest BCUT2D eigenvalue weighted by atomic mass is 9.91. The lowest BCUT2D eigenvalue weighted by molar-refractivity contribution is 0.565. The highest BCUT2D eigenvalue weighted by Crippen LogP contribution is 2.48. The van der Waals surface area contributed by atoms with E-state index in [2.05, 4.69) is 43.1 Å². The highest BCUT2D eigenvalue weighted by atomic mass is 19.1. The summed E-state index contributed by atoms with van der Waals surface area (Å²) < 4.78 is 13.6. The number of hydrogen-bond donors (Lipinski definition) is 1. The molecule has 0 radical (unpaired) electrons. The minimum absolute atomic E-state index is 0.0280. The summed E-state index contributed by atoms with van der Waals surface area (Å²) in [5.41, 5.74) is 3.79. The molecule has 2 aromatic rings. The SMILES string of the molecule is CC(C)(C)C1=Nc2cc(F)ccc2C2Nc3ccccc3N12. The molecule has 2 aliphatic rings. The summed E-state index contributed by atoms with van der Waals surface area (Å²) in [5, 5.41) is 3.54. The third-order valence-corrected chi connectivity index (χ3v) is 4.13. The van der Waals surface area contributed by atoms with Crippen molar-refractivity contribution in [2.45, 2.75) is 26.9 Å². The second-order valence-corrected chi connectivity index (χ2v) is 6.82. The zero-order valence-corrected chi connectivity index (χ0v) is 12.9. The van der Waals surface area contributed by atoms with Gasteiger partial charge in [0.1, 0.15) is 17.8 Å². The fraction of sp³-hybridized carbons (Fsp3) is 0.278. The van der Waals surface area contributed by atoms with Gasteiger partial charge in [0.05, 0.1) is 17.1 Å². The summed E-state index contributed by atoms with van der Waals surface area (Å²) >= 11 is 0. The Labute approximate surface area is 129 Å². The maximum atomic E-state index is 13.6. The number of rotatable bonds is 0. The summed E-state index contributed by atoms with van der Waals surface area (Å²) in [4.78, 5) is 7.01. The van der Waals surface area contributed by atoms with E-state index >= 15 is 0 Å². The molecule has 3 nitrogen and oxygen atoms in total. The van der Waals surface area contributed by atoms with Gasteiger partial charge in [0.15, 0.2) is 0 Å². The molecule has 0 saturated heterocycles. The van der Waals surface area contributed by atoms with Crippen LogP contribution in [0.5, 0.6) is 0 Å². The van der Waals surface area contributed by atoms with Crippen molar-refractivity contribution >= 4 is 22.9 Å². The van der Waals surface area contributed by atoms with Crippen molar-refractivity contribution in [2.24, 2.45) is 10.4 Å². The van der Waals surface area contributed by atoms with Gasteiger partial charge in [0.2, 0.25) is 0 Å². The number of halogens is 1. The highest BCUT2D eigenvalue weighted by Gasteiger charge is 2.41. The molecule has 0 aromatic heterocycles. The minimum atomic E-state index is -0.250. The number of benzene rings is 2. The van der Waals surface area contributed by atoms with E-state index in [-0.39, 0.29) is 17.4 Å². The highest BCUT2D eigenvalue weighted by molar-refractivity contribution is 6.09. The van der Waals surface area contributed by atoms with E-state index in [0.717, 1.165) is 22.8 Å². The van der Waals surface area contributed by atoms with Crippen LogP contribution in [0.25, 0.3) is 0 Å². The predicted molar refractivity (Wildman–Crippen MR) is 88.2 cm³/mol. The van der Waals surface area contributed by atoms with Gasteiger partial charge in [-0.25, -0.2) is 9.38 Å². The van der Waals surface area contributed by atoms with Gasteiger partial charge in [-0.3, -0.25) is 0 Å². The Hall–Kier alpha value is -2.36. The molecule has 22 heavy (non-hydrogen) atoms. The summed E-state index contributed by atoms with van der Waals surface area (Å²) in [6, 6.07) is 13.1. The average molecular weight is 295 g/mol. The largest absolute Gasteiger partial charge is 0.359 e. The van der Waals surface area contributed by atoms with Crippen molar-refractivity contribution in [1.29, 1.82) is 0 Å². The molecule has 112 valence electrons. The van der Waals surface area contributed by atoms with Crippen LogP contribution < -0.4 is 10.2 Å². The molecule has 1 unspecified atom stereocenters. The van der Waals surface area contributed by atoms with E-state index in [4.69, 9.17) is 4.99 Å². The van der Waals surface area contributed by atoms with Gasteiger partial charge in [-0.15, -0.1) is 0 Å². The monoisotopic (exact) mass is 295 g/mol. The van der Waals surface area contributed by atoms with Crippen molar-refractivity contribution in [3.05, 3.63) is 53.8 Å². The molecule has 0 amide bonds. The van der Waals surface area contributed by atoms with E-state index in [1.54, 1.807) is 0 Å². The van der Waals surface area contributed by atoms with Crippen LogP contribution in [0.4, 0.5) is 21.5 Å². The number of anilines is 2. The van der Waals surface area contributed by atoms with Gasteiger partial charge in [-0.05, 0) is 30.3 Å². The first-order chi connectivity index (χ1) is 10.4. The third-order valence-electron chi connectivity index (χ3n) is 4.13. The second kappa shape index (κ2) is 4.32.